The van der Waals surface area contributed by atoms with Gasteiger partial charge in [-0.1, -0.05) is 60.7 Å². The molecule has 1 aliphatic rings. The molecule has 0 saturated carbocycles. The average Bonchev–Trinajstić information content (AvgIpc) is 2.67. The molecule has 126 valence electrons. The van der Waals surface area contributed by atoms with Gasteiger partial charge in [0.1, 0.15) is 6.10 Å². The molecule has 2 N–H and O–H groups in total. The molecule has 0 aliphatic carbocycles. The molecule has 1 fully saturated rings. The first kappa shape index (κ1) is 16.7. The second-order valence-electron chi connectivity index (χ2n) is 6.02. The average molecular weight is 324 g/mol. The van der Waals surface area contributed by atoms with Crippen LogP contribution in [0.1, 0.15) is 23.5 Å². The fraction of sp³-hybridized carbons (Fsp3) is 0.350. The maximum Gasteiger partial charge on any atom is 0.250 e. The summed E-state index contributed by atoms with van der Waals surface area (Å²) in [6, 6.07) is 20.9. The predicted octanol–water partition coefficient (Wildman–Crippen LogP) is 2.31. The zero-order valence-corrected chi connectivity index (χ0v) is 13.8. The Morgan fingerprint density at radius 2 is 1.71 bits per heavy atom. The van der Waals surface area contributed by atoms with Crippen molar-refractivity contribution in [3.05, 3.63) is 71.8 Å². The number of ether oxygens (including phenoxy) is 1. The Bertz CT molecular complexity index is 585. The van der Waals surface area contributed by atoms with Crippen LogP contribution in [0.2, 0.25) is 0 Å². The van der Waals surface area contributed by atoms with E-state index in [0.29, 0.717) is 19.7 Å². The second-order valence-corrected chi connectivity index (χ2v) is 6.02. The highest BCUT2D eigenvalue weighted by atomic mass is 16.5. The Morgan fingerprint density at radius 3 is 2.25 bits per heavy atom. The highest BCUT2D eigenvalue weighted by Crippen LogP contribution is 2.27. The topological polar surface area (TPSA) is 50.4 Å². The first-order chi connectivity index (χ1) is 11.8. The minimum atomic E-state index is -0.370. The van der Waals surface area contributed by atoms with E-state index in [1.165, 1.54) is 11.1 Å². The Hall–Kier alpha value is -2.17. The van der Waals surface area contributed by atoms with Crippen LogP contribution in [0.25, 0.3) is 0 Å². The van der Waals surface area contributed by atoms with Crippen molar-refractivity contribution in [3.8, 4) is 0 Å². The molecule has 0 radical (unpaired) electrons. The van der Waals surface area contributed by atoms with E-state index in [-0.39, 0.29) is 17.9 Å². The molecule has 1 aliphatic heterocycles. The summed E-state index contributed by atoms with van der Waals surface area (Å²) >= 11 is 0. The minimum absolute atomic E-state index is 0.0259. The van der Waals surface area contributed by atoms with Gasteiger partial charge in [0.25, 0.3) is 0 Å². The summed E-state index contributed by atoms with van der Waals surface area (Å²) in [4.78, 5) is 12.2. The van der Waals surface area contributed by atoms with E-state index < -0.39 is 0 Å². The lowest BCUT2D eigenvalue weighted by molar-refractivity contribution is -0.134. The van der Waals surface area contributed by atoms with Gasteiger partial charge in [-0.15, -0.1) is 0 Å². The van der Waals surface area contributed by atoms with Crippen molar-refractivity contribution in [2.75, 3.05) is 26.2 Å². The third-order valence-electron chi connectivity index (χ3n) is 4.36. The SMILES string of the molecule is O=C(NCCC(c1ccccc1)c1ccccc1)C1CNCCO1. The number of nitrogens with one attached hydrogen (secondary N) is 2. The molecule has 1 amide bonds. The van der Waals surface area contributed by atoms with Crippen LogP contribution in [0.3, 0.4) is 0 Å². The number of benzene rings is 2. The molecule has 0 aromatic heterocycles. The second kappa shape index (κ2) is 8.62. The van der Waals surface area contributed by atoms with Crippen LogP contribution < -0.4 is 10.6 Å². The molecule has 4 heteroatoms. The number of carbonyl (C=O) groups is 1. The van der Waals surface area contributed by atoms with E-state index in [1.54, 1.807) is 0 Å². The molecule has 2 aromatic rings. The number of amides is 1. The highest BCUT2D eigenvalue weighted by molar-refractivity contribution is 5.81. The summed E-state index contributed by atoms with van der Waals surface area (Å²) in [6.07, 6.45) is 0.491. The summed E-state index contributed by atoms with van der Waals surface area (Å²) in [5.74, 6) is 0.250. The minimum Gasteiger partial charge on any atom is -0.366 e. The van der Waals surface area contributed by atoms with Gasteiger partial charge < -0.3 is 15.4 Å². The highest BCUT2D eigenvalue weighted by Gasteiger charge is 2.22. The number of morpholine rings is 1. The van der Waals surface area contributed by atoms with Crippen LogP contribution in [-0.2, 0) is 9.53 Å². The molecule has 1 unspecified atom stereocenters. The van der Waals surface area contributed by atoms with Crippen LogP contribution >= 0.6 is 0 Å². The summed E-state index contributed by atoms with van der Waals surface area (Å²) in [7, 11) is 0. The number of carbonyl (C=O) groups excluding carboxylic acids is 1. The van der Waals surface area contributed by atoms with Crippen LogP contribution in [0, 0.1) is 0 Å². The van der Waals surface area contributed by atoms with Crippen molar-refractivity contribution < 1.29 is 9.53 Å². The monoisotopic (exact) mass is 324 g/mol. The molecule has 0 bridgehead atoms. The van der Waals surface area contributed by atoms with Gasteiger partial charge in [0.05, 0.1) is 6.61 Å². The fourth-order valence-corrected chi connectivity index (χ4v) is 3.08. The van der Waals surface area contributed by atoms with Gasteiger partial charge in [0, 0.05) is 25.6 Å². The Morgan fingerprint density at radius 1 is 1.08 bits per heavy atom. The van der Waals surface area contributed by atoms with E-state index in [2.05, 4.69) is 59.2 Å². The van der Waals surface area contributed by atoms with Crippen molar-refractivity contribution >= 4 is 5.91 Å². The van der Waals surface area contributed by atoms with Crippen LogP contribution in [-0.4, -0.2) is 38.3 Å². The Balaban J connectivity index is 1.61. The molecular weight excluding hydrogens is 300 g/mol. The first-order valence-corrected chi connectivity index (χ1v) is 8.54. The van der Waals surface area contributed by atoms with E-state index >= 15 is 0 Å². The first-order valence-electron chi connectivity index (χ1n) is 8.54. The number of rotatable bonds is 6. The van der Waals surface area contributed by atoms with Crippen molar-refractivity contribution in [3.63, 3.8) is 0 Å². The standard InChI is InChI=1S/C20H24N2O2/c23-20(19-15-21-13-14-24-19)22-12-11-18(16-7-3-1-4-8-16)17-9-5-2-6-10-17/h1-10,18-19,21H,11-15H2,(H,22,23). The molecule has 0 spiro atoms. The van der Waals surface area contributed by atoms with E-state index in [9.17, 15) is 4.79 Å². The van der Waals surface area contributed by atoms with Gasteiger partial charge in [-0.2, -0.15) is 0 Å². The van der Waals surface area contributed by atoms with E-state index in [4.69, 9.17) is 4.74 Å². The van der Waals surface area contributed by atoms with Crippen molar-refractivity contribution in [1.29, 1.82) is 0 Å². The van der Waals surface area contributed by atoms with Gasteiger partial charge >= 0.3 is 0 Å². The molecule has 1 atom stereocenters. The molecule has 4 nitrogen and oxygen atoms in total. The van der Waals surface area contributed by atoms with Crippen LogP contribution in [0.4, 0.5) is 0 Å². The largest absolute Gasteiger partial charge is 0.366 e. The van der Waals surface area contributed by atoms with E-state index in [0.717, 1.165) is 13.0 Å². The third-order valence-corrected chi connectivity index (χ3v) is 4.36. The molecule has 24 heavy (non-hydrogen) atoms. The van der Waals surface area contributed by atoms with Crippen molar-refractivity contribution in [1.82, 2.24) is 10.6 Å². The van der Waals surface area contributed by atoms with Crippen LogP contribution in [0.15, 0.2) is 60.7 Å². The molecule has 3 rings (SSSR count). The smallest absolute Gasteiger partial charge is 0.250 e. The molecule has 1 saturated heterocycles. The summed E-state index contributed by atoms with van der Waals surface area (Å²) in [5.41, 5.74) is 2.54. The lowest BCUT2D eigenvalue weighted by Gasteiger charge is -2.23. The summed E-state index contributed by atoms with van der Waals surface area (Å²) in [6.45, 7) is 2.63. The van der Waals surface area contributed by atoms with Crippen molar-refractivity contribution in [2.45, 2.75) is 18.4 Å². The van der Waals surface area contributed by atoms with E-state index in [1.807, 2.05) is 12.1 Å². The lowest BCUT2D eigenvalue weighted by atomic mass is 9.88. The number of hydrogen-bond acceptors (Lipinski definition) is 3. The molecule has 1 heterocycles. The maximum absolute atomic E-state index is 12.2. The zero-order valence-electron chi connectivity index (χ0n) is 13.8. The predicted molar refractivity (Wildman–Crippen MR) is 95.0 cm³/mol. The Labute approximate surface area is 143 Å². The van der Waals surface area contributed by atoms with Crippen LogP contribution in [0.5, 0.6) is 0 Å². The van der Waals surface area contributed by atoms with Gasteiger partial charge in [0.15, 0.2) is 0 Å². The quantitative estimate of drug-likeness (QED) is 0.857. The fourth-order valence-electron chi connectivity index (χ4n) is 3.08. The van der Waals surface area contributed by atoms with Gasteiger partial charge in [0.2, 0.25) is 5.91 Å². The normalized spacial score (nSPS) is 17.6. The lowest BCUT2D eigenvalue weighted by Crippen LogP contribution is -2.48. The maximum atomic E-state index is 12.2. The number of hydrogen-bond donors (Lipinski definition) is 2. The van der Waals surface area contributed by atoms with Gasteiger partial charge in [-0.3, -0.25) is 4.79 Å². The van der Waals surface area contributed by atoms with Gasteiger partial charge in [-0.05, 0) is 17.5 Å². The van der Waals surface area contributed by atoms with Crippen molar-refractivity contribution in [2.24, 2.45) is 0 Å². The summed E-state index contributed by atoms with van der Waals surface area (Å²) in [5, 5.41) is 6.20. The summed E-state index contributed by atoms with van der Waals surface area (Å²) < 4.78 is 5.49. The molecule has 2 aromatic carbocycles. The molecular formula is C20H24N2O2. The van der Waals surface area contributed by atoms with Gasteiger partial charge in [-0.25, -0.2) is 0 Å². The third kappa shape index (κ3) is 4.43. The Kier molecular flexibility index (Phi) is 5.99. The zero-order chi connectivity index (χ0) is 16.6.